The molecular weight excluding hydrogens is 226 g/mol. The highest BCUT2D eigenvalue weighted by Crippen LogP contribution is 2.10. The number of thiazole rings is 1. The second kappa shape index (κ2) is 6.44. The van der Waals surface area contributed by atoms with Gasteiger partial charge in [0.1, 0.15) is 0 Å². The third-order valence-electron chi connectivity index (χ3n) is 2.30. The van der Waals surface area contributed by atoms with E-state index in [2.05, 4.69) is 15.6 Å². The Labute approximate surface area is 98.9 Å². The molecular formula is C10H17N3O2S. The number of rotatable bonds is 5. The molecule has 6 heteroatoms. The molecule has 0 fully saturated rings. The van der Waals surface area contributed by atoms with Gasteiger partial charge in [-0.15, -0.1) is 11.3 Å². The van der Waals surface area contributed by atoms with Gasteiger partial charge in [-0.3, -0.25) is 0 Å². The summed E-state index contributed by atoms with van der Waals surface area (Å²) < 4.78 is 0. The van der Waals surface area contributed by atoms with Crippen molar-refractivity contribution in [1.82, 2.24) is 15.6 Å². The first-order valence-electron chi connectivity index (χ1n) is 5.21. The van der Waals surface area contributed by atoms with Crippen molar-refractivity contribution < 1.29 is 9.90 Å². The van der Waals surface area contributed by atoms with E-state index in [1.54, 1.807) is 5.51 Å². The van der Waals surface area contributed by atoms with Crippen LogP contribution >= 0.6 is 11.3 Å². The second-order valence-corrected chi connectivity index (χ2v) is 4.42. The van der Waals surface area contributed by atoms with Gasteiger partial charge in [0.15, 0.2) is 0 Å². The number of aromatic nitrogens is 1. The molecule has 0 bridgehead atoms. The van der Waals surface area contributed by atoms with Crippen LogP contribution < -0.4 is 10.6 Å². The smallest absolute Gasteiger partial charge is 0.315 e. The SMILES string of the molecule is CCC(CO)NC(=O)NCc1scnc1C. The van der Waals surface area contributed by atoms with E-state index in [-0.39, 0.29) is 18.7 Å². The highest BCUT2D eigenvalue weighted by atomic mass is 32.1. The molecule has 16 heavy (non-hydrogen) atoms. The Hall–Kier alpha value is -1.14. The number of nitrogens with zero attached hydrogens (tertiary/aromatic N) is 1. The number of urea groups is 1. The lowest BCUT2D eigenvalue weighted by Crippen LogP contribution is -2.43. The molecule has 1 rings (SSSR count). The van der Waals surface area contributed by atoms with Crippen LogP contribution in [0.4, 0.5) is 4.79 Å². The summed E-state index contributed by atoms with van der Waals surface area (Å²) in [5.74, 6) is 0. The molecule has 0 saturated heterocycles. The maximum atomic E-state index is 11.4. The number of hydrogen-bond donors (Lipinski definition) is 3. The van der Waals surface area contributed by atoms with E-state index in [1.165, 1.54) is 11.3 Å². The van der Waals surface area contributed by atoms with E-state index in [4.69, 9.17) is 5.11 Å². The van der Waals surface area contributed by atoms with Crippen molar-refractivity contribution in [3.63, 3.8) is 0 Å². The van der Waals surface area contributed by atoms with Gasteiger partial charge in [-0.2, -0.15) is 0 Å². The Morgan fingerprint density at radius 1 is 1.69 bits per heavy atom. The first-order valence-corrected chi connectivity index (χ1v) is 6.09. The summed E-state index contributed by atoms with van der Waals surface area (Å²) >= 11 is 1.52. The van der Waals surface area contributed by atoms with E-state index in [0.717, 1.165) is 10.6 Å². The lowest BCUT2D eigenvalue weighted by molar-refractivity contribution is 0.214. The number of aliphatic hydroxyl groups is 1. The summed E-state index contributed by atoms with van der Waals surface area (Å²) in [6.07, 6.45) is 0.712. The summed E-state index contributed by atoms with van der Waals surface area (Å²) in [4.78, 5) is 16.6. The minimum absolute atomic E-state index is 0.0382. The molecule has 5 nitrogen and oxygen atoms in total. The van der Waals surface area contributed by atoms with Crippen LogP contribution in [-0.4, -0.2) is 28.8 Å². The van der Waals surface area contributed by atoms with Crippen LogP contribution in [0.3, 0.4) is 0 Å². The van der Waals surface area contributed by atoms with Gasteiger partial charge >= 0.3 is 6.03 Å². The standard InChI is InChI=1S/C10H17N3O2S/c1-3-8(5-14)13-10(15)11-4-9-7(2)12-6-16-9/h6,8,14H,3-5H2,1-2H3,(H2,11,13,15). The summed E-state index contributed by atoms with van der Waals surface area (Å²) in [7, 11) is 0. The van der Waals surface area contributed by atoms with Gasteiger partial charge in [0.2, 0.25) is 0 Å². The number of carbonyl (C=O) groups excluding carboxylic acids is 1. The number of amides is 2. The number of hydrogen-bond acceptors (Lipinski definition) is 4. The second-order valence-electron chi connectivity index (χ2n) is 3.48. The third kappa shape index (κ3) is 3.79. The maximum Gasteiger partial charge on any atom is 0.315 e. The van der Waals surface area contributed by atoms with Gasteiger partial charge in [0.05, 0.1) is 30.4 Å². The lowest BCUT2D eigenvalue weighted by Gasteiger charge is -2.14. The van der Waals surface area contributed by atoms with Crippen molar-refractivity contribution in [2.45, 2.75) is 32.9 Å². The van der Waals surface area contributed by atoms with Crippen molar-refractivity contribution in [2.24, 2.45) is 0 Å². The molecule has 1 unspecified atom stereocenters. The topological polar surface area (TPSA) is 74.2 Å². The molecule has 1 aromatic heterocycles. The molecule has 0 saturated carbocycles. The van der Waals surface area contributed by atoms with Gasteiger partial charge in [-0.05, 0) is 13.3 Å². The number of carbonyl (C=O) groups is 1. The van der Waals surface area contributed by atoms with Crippen molar-refractivity contribution in [1.29, 1.82) is 0 Å². The predicted molar refractivity (Wildman–Crippen MR) is 63.4 cm³/mol. The summed E-state index contributed by atoms with van der Waals surface area (Å²) in [6, 6.07) is -0.434. The highest BCUT2D eigenvalue weighted by Gasteiger charge is 2.09. The van der Waals surface area contributed by atoms with E-state index >= 15 is 0 Å². The van der Waals surface area contributed by atoms with Crippen LogP contribution in [0.2, 0.25) is 0 Å². The minimum atomic E-state index is -0.256. The fourth-order valence-corrected chi connectivity index (χ4v) is 1.89. The van der Waals surface area contributed by atoms with Crippen molar-refractivity contribution >= 4 is 17.4 Å². The molecule has 1 heterocycles. The average molecular weight is 243 g/mol. The minimum Gasteiger partial charge on any atom is -0.394 e. The Balaban J connectivity index is 2.33. The van der Waals surface area contributed by atoms with Crippen molar-refractivity contribution in [3.05, 3.63) is 16.1 Å². The van der Waals surface area contributed by atoms with Gasteiger partial charge in [0, 0.05) is 4.88 Å². The third-order valence-corrected chi connectivity index (χ3v) is 3.24. The molecule has 90 valence electrons. The van der Waals surface area contributed by atoms with Gasteiger partial charge in [0.25, 0.3) is 0 Å². The normalized spacial score (nSPS) is 12.2. The summed E-state index contributed by atoms with van der Waals surface area (Å²) in [6.45, 7) is 4.26. The predicted octanol–water partition coefficient (Wildman–Crippen LogP) is 1.02. The van der Waals surface area contributed by atoms with Crippen LogP contribution in [-0.2, 0) is 6.54 Å². The molecule has 0 aliphatic carbocycles. The van der Waals surface area contributed by atoms with Crippen LogP contribution in [0.5, 0.6) is 0 Å². The molecule has 0 aliphatic rings. The van der Waals surface area contributed by atoms with E-state index in [1.807, 2.05) is 13.8 Å². The van der Waals surface area contributed by atoms with Crippen LogP contribution in [0.1, 0.15) is 23.9 Å². The molecule has 2 amide bonds. The fraction of sp³-hybridized carbons (Fsp3) is 0.600. The average Bonchev–Trinajstić information content (AvgIpc) is 2.69. The first kappa shape index (κ1) is 12.9. The Morgan fingerprint density at radius 3 is 2.94 bits per heavy atom. The molecule has 0 radical (unpaired) electrons. The lowest BCUT2D eigenvalue weighted by atomic mass is 10.2. The van der Waals surface area contributed by atoms with Gasteiger partial charge < -0.3 is 15.7 Å². The first-order chi connectivity index (χ1) is 7.67. The Morgan fingerprint density at radius 2 is 2.44 bits per heavy atom. The van der Waals surface area contributed by atoms with Gasteiger partial charge in [-0.1, -0.05) is 6.92 Å². The van der Waals surface area contributed by atoms with Crippen molar-refractivity contribution in [3.8, 4) is 0 Å². The zero-order chi connectivity index (χ0) is 12.0. The molecule has 0 aliphatic heterocycles. The maximum absolute atomic E-state index is 11.4. The highest BCUT2D eigenvalue weighted by molar-refractivity contribution is 7.09. The summed E-state index contributed by atoms with van der Waals surface area (Å²) in [5.41, 5.74) is 2.70. The Bertz CT molecular complexity index is 337. The molecule has 0 aromatic carbocycles. The van der Waals surface area contributed by atoms with E-state index < -0.39 is 0 Å². The zero-order valence-electron chi connectivity index (χ0n) is 9.49. The molecule has 0 spiro atoms. The molecule has 3 N–H and O–H groups in total. The summed E-state index contributed by atoms with van der Waals surface area (Å²) in [5, 5.41) is 14.3. The number of aliphatic hydroxyl groups excluding tert-OH is 1. The Kier molecular flexibility index (Phi) is 5.21. The largest absolute Gasteiger partial charge is 0.394 e. The fourth-order valence-electron chi connectivity index (χ4n) is 1.17. The zero-order valence-corrected chi connectivity index (χ0v) is 10.3. The van der Waals surface area contributed by atoms with Crippen LogP contribution in [0.15, 0.2) is 5.51 Å². The quantitative estimate of drug-likeness (QED) is 0.723. The van der Waals surface area contributed by atoms with E-state index in [9.17, 15) is 4.79 Å². The number of aryl methyl sites for hydroxylation is 1. The monoisotopic (exact) mass is 243 g/mol. The van der Waals surface area contributed by atoms with Gasteiger partial charge in [-0.25, -0.2) is 9.78 Å². The van der Waals surface area contributed by atoms with Crippen LogP contribution in [0.25, 0.3) is 0 Å². The molecule has 1 atom stereocenters. The molecule has 1 aromatic rings. The van der Waals surface area contributed by atoms with Crippen LogP contribution in [0, 0.1) is 6.92 Å². The van der Waals surface area contributed by atoms with Crippen molar-refractivity contribution in [2.75, 3.05) is 6.61 Å². The van der Waals surface area contributed by atoms with E-state index in [0.29, 0.717) is 13.0 Å². The number of nitrogens with one attached hydrogen (secondary N) is 2.